The van der Waals surface area contributed by atoms with Crippen LogP contribution >= 0.6 is 23.2 Å². The van der Waals surface area contributed by atoms with Crippen molar-refractivity contribution in [2.24, 2.45) is 5.41 Å². The third kappa shape index (κ3) is 6.53. The summed E-state index contributed by atoms with van der Waals surface area (Å²) in [4.78, 5) is 27.0. The predicted molar refractivity (Wildman–Crippen MR) is 193 cm³/mol. The first-order valence-corrected chi connectivity index (χ1v) is 19.0. The number of benzene rings is 4. The number of hydrogen-bond acceptors (Lipinski definition) is 3. The Hall–Kier alpha value is -3.42. The number of carboxylic acids is 1. The van der Waals surface area contributed by atoms with Crippen LogP contribution in [0.1, 0.15) is 73.6 Å². The molecule has 8 heteroatoms. The second-order valence-corrected chi connectivity index (χ2v) is 19.2. The van der Waals surface area contributed by atoms with Gasteiger partial charge in [0.2, 0.25) is 0 Å². The molecular weight excluding hydrogens is 645 g/mol. The summed E-state index contributed by atoms with van der Waals surface area (Å²) in [5.41, 5.74) is 2.08. The van der Waals surface area contributed by atoms with Crippen molar-refractivity contribution in [1.82, 2.24) is 4.90 Å². The highest BCUT2D eigenvalue weighted by Gasteiger charge is 2.52. The highest BCUT2D eigenvalue weighted by atomic mass is 35.5. The van der Waals surface area contributed by atoms with Crippen LogP contribution in [0.4, 0.5) is 0 Å². The fourth-order valence-corrected chi connectivity index (χ4v) is 13.1. The highest BCUT2D eigenvalue weighted by Crippen LogP contribution is 2.47. The van der Waals surface area contributed by atoms with Crippen molar-refractivity contribution in [3.05, 3.63) is 118 Å². The number of nitrogens with zero attached hydrogens (tertiary/aromatic N) is 1. The summed E-state index contributed by atoms with van der Waals surface area (Å²) in [7, 11) is -2.63. The summed E-state index contributed by atoms with van der Waals surface area (Å²) in [5, 5.41) is 12.3. The van der Waals surface area contributed by atoms with Gasteiger partial charge in [-0.1, -0.05) is 117 Å². The molecule has 1 N–H and O–H groups in total. The van der Waals surface area contributed by atoms with Crippen LogP contribution in [0.15, 0.2) is 97.1 Å². The maximum atomic E-state index is 13.8. The first kappa shape index (κ1) is 33.5. The van der Waals surface area contributed by atoms with E-state index in [-0.39, 0.29) is 28.0 Å². The SMILES string of the molecule is CC(C)(C)[Si](OC1CCC2(CC1)CCN(C(=O)c1c(Cl)cc(-c3ccc(C(=O)O)cc3)cc1Cl)C2)(c1ccccc1)c1ccccc1. The van der Waals surface area contributed by atoms with E-state index in [1.165, 1.54) is 22.5 Å². The quantitative estimate of drug-likeness (QED) is 0.198. The van der Waals surface area contributed by atoms with Gasteiger partial charge in [0, 0.05) is 19.2 Å². The predicted octanol–water partition coefficient (Wildman–Crippen LogP) is 8.71. The summed E-state index contributed by atoms with van der Waals surface area (Å²) in [6.07, 6.45) is 5.04. The van der Waals surface area contributed by atoms with Crippen LogP contribution in [0.2, 0.25) is 15.1 Å². The minimum Gasteiger partial charge on any atom is -0.478 e. The molecule has 0 bridgehead atoms. The minimum atomic E-state index is -2.63. The fraction of sp³-hybridized carbons (Fsp3) is 0.333. The molecule has 1 amide bonds. The summed E-state index contributed by atoms with van der Waals surface area (Å²) in [6.45, 7) is 8.32. The van der Waals surface area contributed by atoms with Crippen molar-refractivity contribution in [3.8, 4) is 11.1 Å². The Labute approximate surface area is 288 Å². The number of likely N-dealkylation sites (tertiary alicyclic amines) is 1. The lowest BCUT2D eigenvalue weighted by Crippen LogP contribution is -2.68. The molecule has 244 valence electrons. The first-order valence-electron chi connectivity index (χ1n) is 16.3. The van der Waals surface area contributed by atoms with Crippen LogP contribution in [0.3, 0.4) is 0 Å². The van der Waals surface area contributed by atoms with Gasteiger partial charge in [-0.15, -0.1) is 0 Å². The summed E-state index contributed by atoms with van der Waals surface area (Å²) in [5.74, 6) is -1.13. The van der Waals surface area contributed by atoms with Gasteiger partial charge in [0.25, 0.3) is 14.2 Å². The summed E-state index contributed by atoms with van der Waals surface area (Å²) < 4.78 is 7.45. The lowest BCUT2D eigenvalue weighted by molar-refractivity contribution is 0.0651. The number of aromatic carboxylic acids is 1. The summed E-state index contributed by atoms with van der Waals surface area (Å²) in [6, 6.07) is 31.6. The van der Waals surface area contributed by atoms with Gasteiger partial charge in [-0.05, 0) is 88.3 Å². The van der Waals surface area contributed by atoms with Crippen molar-refractivity contribution in [3.63, 3.8) is 0 Å². The van der Waals surface area contributed by atoms with E-state index in [4.69, 9.17) is 27.6 Å². The third-order valence-corrected chi connectivity index (χ3v) is 15.9. The maximum absolute atomic E-state index is 13.8. The highest BCUT2D eigenvalue weighted by molar-refractivity contribution is 6.99. The van der Waals surface area contributed by atoms with E-state index < -0.39 is 14.3 Å². The van der Waals surface area contributed by atoms with Gasteiger partial charge in [-0.2, -0.15) is 0 Å². The van der Waals surface area contributed by atoms with Gasteiger partial charge in [-0.25, -0.2) is 4.79 Å². The van der Waals surface area contributed by atoms with Crippen LogP contribution in [0, 0.1) is 5.41 Å². The number of hydrogen-bond donors (Lipinski definition) is 1. The molecular formula is C39H41Cl2NO4Si. The molecule has 1 spiro atoms. The number of amides is 1. The van der Waals surface area contributed by atoms with E-state index in [9.17, 15) is 14.7 Å². The van der Waals surface area contributed by atoms with E-state index in [2.05, 4.69) is 81.4 Å². The standard InChI is InChI=1S/C39H41Cl2NO4Si/c1-38(2,3)47(31-10-6-4-7-11-31,32-12-8-5-9-13-32)46-30-18-20-39(21-19-30)22-23-42(26-39)36(43)35-33(40)24-29(25-34(35)41)27-14-16-28(17-15-27)37(44)45/h4-17,24-25,30H,18-23,26H2,1-3H3,(H,44,45). The fourth-order valence-electron chi connectivity index (χ4n) is 7.69. The van der Waals surface area contributed by atoms with Gasteiger partial charge in [0.15, 0.2) is 0 Å². The van der Waals surface area contributed by atoms with E-state index >= 15 is 0 Å². The van der Waals surface area contributed by atoms with Crippen molar-refractivity contribution < 1.29 is 19.1 Å². The van der Waals surface area contributed by atoms with Gasteiger partial charge in [0.1, 0.15) is 0 Å². The monoisotopic (exact) mass is 685 g/mol. The largest absolute Gasteiger partial charge is 0.478 e. The second-order valence-electron chi connectivity index (χ2n) is 14.2. The molecule has 1 aliphatic carbocycles. The Morgan fingerprint density at radius 1 is 0.809 bits per heavy atom. The zero-order valence-corrected chi connectivity index (χ0v) is 29.7. The van der Waals surface area contributed by atoms with E-state index in [1.54, 1.807) is 24.3 Å². The zero-order valence-electron chi connectivity index (χ0n) is 27.1. The Balaban J connectivity index is 1.17. The molecule has 47 heavy (non-hydrogen) atoms. The van der Waals surface area contributed by atoms with Gasteiger partial charge < -0.3 is 14.4 Å². The molecule has 2 aliphatic rings. The zero-order chi connectivity index (χ0) is 33.4. The summed E-state index contributed by atoms with van der Waals surface area (Å²) >= 11 is 13.4. The average Bonchev–Trinajstić information content (AvgIpc) is 3.48. The van der Waals surface area contributed by atoms with Gasteiger partial charge in [-0.3, -0.25) is 4.79 Å². The molecule has 0 radical (unpaired) electrons. The smallest absolute Gasteiger partial charge is 0.335 e. The average molecular weight is 687 g/mol. The molecule has 0 atom stereocenters. The van der Waals surface area contributed by atoms with Crippen molar-refractivity contribution >= 4 is 53.8 Å². The number of carboxylic acid groups (broad SMARTS) is 1. The Morgan fingerprint density at radius 3 is 1.83 bits per heavy atom. The Morgan fingerprint density at radius 2 is 1.34 bits per heavy atom. The Bertz CT molecular complexity index is 1690. The molecule has 2 fully saturated rings. The normalized spacial score (nSPS) is 20.0. The molecule has 5 nitrogen and oxygen atoms in total. The number of carbonyl (C=O) groups excluding carboxylic acids is 1. The maximum Gasteiger partial charge on any atom is 0.335 e. The number of carbonyl (C=O) groups is 2. The van der Waals surface area contributed by atoms with Crippen molar-refractivity contribution in [2.75, 3.05) is 13.1 Å². The number of halogens is 2. The molecule has 0 aromatic heterocycles. The molecule has 1 saturated carbocycles. The van der Waals surface area contributed by atoms with E-state index in [0.717, 1.165) is 43.2 Å². The van der Waals surface area contributed by atoms with Gasteiger partial charge in [0.05, 0.1) is 21.2 Å². The van der Waals surface area contributed by atoms with Crippen molar-refractivity contribution in [1.29, 1.82) is 0 Å². The van der Waals surface area contributed by atoms with Crippen LogP contribution in [0.5, 0.6) is 0 Å². The molecule has 1 aliphatic heterocycles. The van der Waals surface area contributed by atoms with Crippen LogP contribution < -0.4 is 10.4 Å². The van der Waals surface area contributed by atoms with Gasteiger partial charge >= 0.3 is 5.97 Å². The minimum absolute atomic E-state index is 0.0613. The lowest BCUT2D eigenvalue weighted by Gasteiger charge is -2.47. The number of rotatable bonds is 7. The van der Waals surface area contributed by atoms with E-state index in [1.807, 2.05) is 4.90 Å². The molecule has 1 saturated heterocycles. The molecule has 1 heterocycles. The topological polar surface area (TPSA) is 66.8 Å². The lowest BCUT2D eigenvalue weighted by atomic mass is 9.72. The molecule has 4 aromatic rings. The van der Waals surface area contributed by atoms with Crippen LogP contribution in [-0.2, 0) is 4.43 Å². The molecule has 4 aromatic carbocycles. The molecule has 6 rings (SSSR count). The van der Waals surface area contributed by atoms with Crippen molar-refractivity contribution in [2.45, 2.75) is 64.0 Å². The van der Waals surface area contributed by atoms with Crippen LogP contribution in [-0.4, -0.2) is 49.4 Å². The first-order chi connectivity index (χ1) is 22.4. The second kappa shape index (κ2) is 13.2. The van der Waals surface area contributed by atoms with E-state index in [0.29, 0.717) is 28.7 Å². The van der Waals surface area contributed by atoms with Crippen LogP contribution in [0.25, 0.3) is 11.1 Å². The Kier molecular flexibility index (Phi) is 9.43. The third-order valence-electron chi connectivity index (χ3n) is 10.2. The molecule has 0 unspecified atom stereocenters.